The van der Waals surface area contributed by atoms with Crippen LogP contribution in [0.2, 0.25) is 5.02 Å². The molecule has 1 atom stereocenters. The second kappa shape index (κ2) is 5.76. The maximum Gasteiger partial charge on any atom is 0.0994 e. The molecule has 1 aromatic carbocycles. The van der Waals surface area contributed by atoms with Gasteiger partial charge in [-0.1, -0.05) is 31.5 Å². The van der Waals surface area contributed by atoms with Gasteiger partial charge in [0.2, 0.25) is 0 Å². The smallest absolute Gasteiger partial charge is 0.0994 e. The van der Waals surface area contributed by atoms with Crippen molar-refractivity contribution in [2.75, 3.05) is 0 Å². The van der Waals surface area contributed by atoms with Crippen molar-refractivity contribution >= 4 is 11.6 Å². The van der Waals surface area contributed by atoms with Crippen molar-refractivity contribution in [3.05, 3.63) is 47.0 Å². The zero-order chi connectivity index (χ0) is 14.0. The van der Waals surface area contributed by atoms with Gasteiger partial charge in [0.25, 0.3) is 0 Å². The largest absolute Gasteiger partial charge is 0.323 e. The Balaban J connectivity index is 2.41. The predicted octanol–water partition coefficient (Wildman–Crippen LogP) is 3.88. The summed E-state index contributed by atoms with van der Waals surface area (Å²) in [5, 5.41) is 0.720. The molecule has 102 valence electrons. The van der Waals surface area contributed by atoms with E-state index >= 15 is 0 Å². The Kier molecular flexibility index (Phi) is 4.27. The average molecular weight is 278 g/mol. The monoisotopic (exact) mass is 277 g/mol. The molecule has 2 aromatic rings. The summed E-state index contributed by atoms with van der Waals surface area (Å²) in [5.41, 5.74) is 9.49. The molecule has 0 amide bonds. The number of hydrogen-bond donors (Lipinski definition) is 1. The van der Waals surface area contributed by atoms with Crippen LogP contribution < -0.4 is 5.73 Å². The van der Waals surface area contributed by atoms with Crippen molar-refractivity contribution in [1.82, 2.24) is 9.55 Å². The van der Waals surface area contributed by atoms with Gasteiger partial charge in [0.15, 0.2) is 0 Å². The van der Waals surface area contributed by atoms with Gasteiger partial charge in [-0.2, -0.15) is 0 Å². The van der Waals surface area contributed by atoms with Crippen LogP contribution >= 0.6 is 11.6 Å². The lowest BCUT2D eigenvalue weighted by atomic mass is 10.0. The van der Waals surface area contributed by atoms with E-state index in [-0.39, 0.29) is 6.04 Å². The fraction of sp³-hybridized carbons (Fsp3) is 0.400. The SMILES string of the molecule is Cc1ccc(Cl)cc1-n1cncc1C(N)CC(C)C. The van der Waals surface area contributed by atoms with E-state index in [4.69, 9.17) is 17.3 Å². The third kappa shape index (κ3) is 3.17. The highest BCUT2D eigenvalue weighted by Gasteiger charge is 2.15. The fourth-order valence-corrected chi connectivity index (χ4v) is 2.42. The molecule has 0 bridgehead atoms. The molecule has 0 aliphatic heterocycles. The maximum absolute atomic E-state index is 6.27. The average Bonchev–Trinajstić information content (AvgIpc) is 2.80. The lowest BCUT2D eigenvalue weighted by Crippen LogP contribution is -2.17. The molecule has 0 radical (unpaired) electrons. The van der Waals surface area contributed by atoms with Gasteiger partial charge in [-0.15, -0.1) is 0 Å². The minimum absolute atomic E-state index is 0.0131. The van der Waals surface area contributed by atoms with Crippen molar-refractivity contribution in [2.45, 2.75) is 33.2 Å². The standard InChI is InChI=1S/C15H20ClN3/c1-10(2)6-13(17)15-8-18-9-19(15)14-7-12(16)5-4-11(14)3/h4-5,7-10,13H,6,17H2,1-3H3. The first-order valence-electron chi connectivity index (χ1n) is 6.53. The Morgan fingerprint density at radius 3 is 2.79 bits per heavy atom. The molecule has 2 rings (SSSR count). The highest BCUT2D eigenvalue weighted by atomic mass is 35.5. The Bertz CT molecular complexity index is 560. The summed E-state index contributed by atoms with van der Waals surface area (Å²) in [6.45, 7) is 6.40. The zero-order valence-corrected chi connectivity index (χ0v) is 12.4. The molecule has 4 heteroatoms. The van der Waals surface area contributed by atoms with Crippen LogP contribution in [0.1, 0.15) is 37.6 Å². The quantitative estimate of drug-likeness (QED) is 0.922. The van der Waals surface area contributed by atoms with E-state index in [0.29, 0.717) is 5.92 Å². The second-order valence-corrected chi connectivity index (χ2v) is 5.79. The first-order chi connectivity index (χ1) is 8.99. The molecule has 1 aromatic heterocycles. The van der Waals surface area contributed by atoms with E-state index in [1.54, 1.807) is 6.33 Å². The summed E-state index contributed by atoms with van der Waals surface area (Å²) in [4.78, 5) is 4.24. The summed E-state index contributed by atoms with van der Waals surface area (Å²) >= 11 is 6.08. The van der Waals surface area contributed by atoms with Crippen LogP contribution in [-0.2, 0) is 0 Å². The van der Waals surface area contributed by atoms with Crippen molar-refractivity contribution < 1.29 is 0 Å². The van der Waals surface area contributed by atoms with Gasteiger partial charge in [-0.3, -0.25) is 0 Å². The molecule has 0 spiro atoms. The van der Waals surface area contributed by atoms with Crippen LogP contribution in [-0.4, -0.2) is 9.55 Å². The van der Waals surface area contributed by atoms with Crippen LogP contribution in [0.25, 0.3) is 5.69 Å². The van der Waals surface area contributed by atoms with Crippen LogP contribution in [0, 0.1) is 12.8 Å². The van der Waals surface area contributed by atoms with Gasteiger partial charge in [-0.25, -0.2) is 4.98 Å². The number of nitrogens with two attached hydrogens (primary N) is 1. The van der Waals surface area contributed by atoms with Gasteiger partial charge < -0.3 is 10.3 Å². The Labute approximate surface area is 119 Å². The minimum Gasteiger partial charge on any atom is -0.323 e. The summed E-state index contributed by atoms with van der Waals surface area (Å²) in [6, 6.07) is 5.84. The molecule has 0 fully saturated rings. The number of nitrogens with zero attached hydrogens (tertiary/aromatic N) is 2. The molecule has 0 saturated carbocycles. The Morgan fingerprint density at radius 1 is 1.37 bits per heavy atom. The summed E-state index contributed by atoms with van der Waals surface area (Å²) in [6.07, 6.45) is 4.58. The summed E-state index contributed by atoms with van der Waals surface area (Å²) < 4.78 is 2.04. The highest BCUT2D eigenvalue weighted by molar-refractivity contribution is 6.30. The molecule has 1 unspecified atom stereocenters. The molecule has 0 aliphatic rings. The zero-order valence-electron chi connectivity index (χ0n) is 11.6. The topological polar surface area (TPSA) is 43.8 Å². The lowest BCUT2D eigenvalue weighted by molar-refractivity contribution is 0.498. The first-order valence-corrected chi connectivity index (χ1v) is 6.91. The second-order valence-electron chi connectivity index (χ2n) is 5.36. The third-order valence-electron chi connectivity index (χ3n) is 3.20. The van der Waals surface area contributed by atoms with Crippen LogP contribution in [0.15, 0.2) is 30.7 Å². The highest BCUT2D eigenvalue weighted by Crippen LogP contribution is 2.25. The number of aryl methyl sites for hydroxylation is 1. The van der Waals surface area contributed by atoms with E-state index in [9.17, 15) is 0 Å². The van der Waals surface area contributed by atoms with E-state index in [1.165, 1.54) is 0 Å². The van der Waals surface area contributed by atoms with Gasteiger partial charge in [-0.05, 0) is 37.0 Å². The Morgan fingerprint density at radius 2 is 2.11 bits per heavy atom. The molecule has 0 saturated heterocycles. The van der Waals surface area contributed by atoms with E-state index in [1.807, 2.05) is 29.0 Å². The van der Waals surface area contributed by atoms with Crippen LogP contribution in [0.3, 0.4) is 0 Å². The normalized spacial score (nSPS) is 12.9. The van der Waals surface area contributed by atoms with Gasteiger partial charge in [0.05, 0.1) is 23.9 Å². The van der Waals surface area contributed by atoms with Crippen LogP contribution in [0.4, 0.5) is 0 Å². The number of hydrogen-bond acceptors (Lipinski definition) is 2. The van der Waals surface area contributed by atoms with Gasteiger partial charge in [0.1, 0.15) is 0 Å². The fourth-order valence-electron chi connectivity index (χ4n) is 2.25. The number of aromatic nitrogens is 2. The predicted molar refractivity (Wildman–Crippen MR) is 79.7 cm³/mol. The number of halogens is 1. The van der Waals surface area contributed by atoms with E-state index < -0.39 is 0 Å². The van der Waals surface area contributed by atoms with Crippen molar-refractivity contribution in [3.8, 4) is 5.69 Å². The van der Waals surface area contributed by atoms with E-state index in [2.05, 4.69) is 25.8 Å². The molecule has 0 aliphatic carbocycles. The van der Waals surface area contributed by atoms with Gasteiger partial charge >= 0.3 is 0 Å². The molecular formula is C15H20ClN3. The van der Waals surface area contributed by atoms with E-state index in [0.717, 1.165) is 28.4 Å². The third-order valence-corrected chi connectivity index (χ3v) is 3.44. The van der Waals surface area contributed by atoms with Crippen molar-refractivity contribution in [2.24, 2.45) is 11.7 Å². The summed E-state index contributed by atoms with van der Waals surface area (Å²) in [5.74, 6) is 0.554. The molecule has 1 heterocycles. The maximum atomic E-state index is 6.27. The van der Waals surface area contributed by atoms with Crippen molar-refractivity contribution in [1.29, 1.82) is 0 Å². The summed E-state index contributed by atoms with van der Waals surface area (Å²) in [7, 11) is 0. The molecule has 3 nitrogen and oxygen atoms in total. The first kappa shape index (κ1) is 14.1. The number of rotatable bonds is 4. The Hall–Kier alpha value is -1.32. The minimum atomic E-state index is -0.0131. The molecule has 2 N–H and O–H groups in total. The molecular weight excluding hydrogens is 258 g/mol. The number of imidazole rings is 1. The lowest BCUT2D eigenvalue weighted by Gasteiger charge is -2.18. The molecule has 19 heavy (non-hydrogen) atoms. The van der Waals surface area contributed by atoms with Gasteiger partial charge in [0, 0.05) is 11.1 Å². The van der Waals surface area contributed by atoms with Crippen molar-refractivity contribution in [3.63, 3.8) is 0 Å². The number of benzene rings is 1. The van der Waals surface area contributed by atoms with Crippen LogP contribution in [0.5, 0.6) is 0 Å².